The number of carbonyl (C=O) groups is 1. The molecule has 0 spiro atoms. The van der Waals surface area contributed by atoms with E-state index in [1.807, 2.05) is 33.8 Å². The standard InChI is InChI=1S/C16H29N5O3.HI/c1-6-12-10-13(24-21-12)11-20-14(17-5)18-8-7-9-19-15(22)23-16(2,3)4;/h10H,6-9,11H2,1-5H3,(H,19,22)(H2,17,18,20);1H. The second-order valence-electron chi connectivity index (χ2n) is 6.27. The third-order valence-electron chi connectivity index (χ3n) is 2.94. The highest BCUT2D eigenvalue weighted by molar-refractivity contribution is 14.0. The van der Waals surface area contributed by atoms with Crippen molar-refractivity contribution in [3.8, 4) is 0 Å². The summed E-state index contributed by atoms with van der Waals surface area (Å²) in [4.78, 5) is 15.6. The molecule has 3 N–H and O–H groups in total. The van der Waals surface area contributed by atoms with Crippen molar-refractivity contribution in [2.75, 3.05) is 20.1 Å². The summed E-state index contributed by atoms with van der Waals surface area (Å²) < 4.78 is 10.4. The second kappa shape index (κ2) is 11.9. The Morgan fingerprint density at radius 2 is 1.96 bits per heavy atom. The number of aliphatic imine (C=N–C) groups is 1. The summed E-state index contributed by atoms with van der Waals surface area (Å²) in [6.45, 7) is 9.25. The third kappa shape index (κ3) is 10.8. The fourth-order valence-electron chi connectivity index (χ4n) is 1.80. The van der Waals surface area contributed by atoms with Gasteiger partial charge in [-0.2, -0.15) is 0 Å². The maximum atomic E-state index is 11.5. The Morgan fingerprint density at radius 1 is 1.28 bits per heavy atom. The van der Waals surface area contributed by atoms with Crippen LogP contribution in [0.4, 0.5) is 4.79 Å². The molecule has 0 unspecified atom stereocenters. The molecule has 1 rings (SSSR count). The number of rotatable bonds is 7. The molecule has 8 nitrogen and oxygen atoms in total. The molecular weight excluding hydrogens is 437 g/mol. The van der Waals surface area contributed by atoms with Gasteiger partial charge in [-0.3, -0.25) is 4.99 Å². The predicted octanol–water partition coefficient (Wildman–Crippen LogP) is 2.43. The number of hydrogen-bond donors (Lipinski definition) is 3. The first kappa shape index (κ1) is 23.5. The molecule has 0 bridgehead atoms. The fraction of sp³-hybridized carbons (Fsp3) is 0.688. The number of halogens is 1. The van der Waals surface area contributed by atoms with Gasteiger partial charge in [0.1, 0.15) is 5.60 Å². The van der Waals surface area contributed by atoms with Crippen LogP contribution in [-0.2, 0) is 17.7 Å². The Hall–Kier alpha value is -1.52. The van der Waals surface area contributed by atoms with Gasteiger partial charge in [-0.15, -0.1) is 24.0 Å². The van der Waals surface area contributed by atoms with Crippen LogP contribution in [0, 0.1) is 0 Å². The summed E-state index contributed by atoms with van der Waals surface area (Å²) in [6.07, 6.45) is 1.20. The summed E-state index contributed by atoms with van der Waals surface area (Å²) in [7, 11) is 1.70. The maximum absolute atomic E-state index is 11.5. The molecule has 0 aliphatic heterocycles. The molecule has 0 aliphatic carbocycles. The van der Waals surface area contributed by atoms with Gasteiger partial charge < -0.3 is 25.2 Å². The topological polar surface area (TPSA) is 101 Å². The van der Waals surface area contributed by atoms with E-state index in [-0.39, 0.29) is 24.0 Å². The van der Waals surface area contributed by atoms with Crippen LogP contribution in [0.2, 0.25) is 0 Å². The van der Waals surface area contributed by atoms with E-state index in [1.54, 1.807) is 7.05 Å². The van der Waals surface area contributed by atoms with Crippen LogP contribution in [0.5, 0.6) is 0 Å². The van der Waals surface area contributed by atoms with E-state index in [9.17, 15) is 4.79 Å². The number of carbonyl (C=O) groups excluding carboxylic acids is 1. The molecule has 25 heavy (non-hydrogen) atoms. The number of aromatic nitrogens is 1. The minimum atomic E-state index is -0.480. The summed E-state index contributed by atoms with van der Waals surface area (Å²) in [5.41, 5.74) is 0.454. The largest absolute Gasteiger partial charge is 0.444 e. The third-order valence-corrected chi connectivity index (χ3v) is 2.94. The normalized spacial score (nSPS) is 11.5. The summed E-state index contributed by atoms with van der Waals surface area (Å²) in [6, 6.07) is 1.92. The Morgan fingerprint density at radius 3 is 2.52 bits per heavy atom. The molecule has 144 valence electrons. The Kier molecular flexibility index (Phi) is 11.2. The van der Waals surface area contributed by atoms with Crippen LogP contribution in [0.1, 0.15) is 45.6 Å². The lowest BCUT2D eigenvalue weighted by Gasteiger charge is -2.19. The molecule has 1 heterocycles. The number of alkyl carbamates (subject to hydrolysis) is 1. The van der Waals surface area contributed by atoms with Crippen LogP contribution in [-0.4, -0.2) is 42.9 Å². The highest BCUT2D eigenvalue weighted by atomic mass is 127. The Balaban J connectivity index is 0.00000576. The quantitative estimate of drug-likeness (QED) is 0.247. The molecule has 9 heteroatoms. The van der Waals surface area contributed by atoms with Crippen molar-refractivity contribution in [2.45, 2.75) is 52.7 Å². The number of nitrogens with one attached hydrogen (secondary N) is 3. The maximum Gasteiger partial charge on any atom is 0.407 e. The zero-order valence-electron chi connectivity index (χ0n) is 15.6. The smallest absolute Gasteiger partial charge is 0.407 e. The number of aryl methyl sites for hydroxylation is 1. The average molecular weight is 467 g/mol. The van der Waals surface area contributed by atoms with Crippen molar-refractivity contribution in [3.63, 3.8) is 0 Å². The number of ether oxygens (including phenoxy) is 1. The number of nitrogens with zero attached hydrogens (tertiary/aromatic N) is 2. The van der Waals surface area contributed by atoms with Gasteiger partial charge in [0.15, 0.2) is 11.7 Å². The first-order valence-electron chi connectivity index (χ1n) is 8.20. The van der Waals surface area contributed by atoms with Gasteiger partial charge in [-0.05, 0) is 33.6 Å². The second-order valence-corrected chi connectivity index (χ2v) is 6.27. The van der Waals surface area contributed by atoms with Gasteiger partial charge in [-0.25, -0.2) is 4.79 Å². The molecule has 1 aromatic heterocycles. The summed E-state index contributed by atoms with van der Waals surface area (Å²) in [5, 5.41) is 13.0. The molecule has 0 fully saturated rings. The fourth-order valence-corrected chi connectivity index (χ4v) is 1.80. The molecule has 0 aliphatic rings. The molecule has 1 aromatic rings. The predicted molar refractivity (Wildman–Crippen MR) is 108 cm³/mol. The molecular formula is C16H30IN5O3. The van der Waals surface area contributed by atoms with Crippen LogP contribution in [0.15, 0.2) is 15.6 Å². The zero-order valence-corrected chi connectivity index (χ0v) is 18.0. The van der Waals surface area contributed by atoms with Gasteiger partial charge in [0, 0.05) is 26.2 Å². The lowest BCUT2D eigenvalue weighted by Crippen LogP contribution is -2.39. The highest BCUT2D eigenvalue weighted by Gasteiger charge is 2.15. The zero-order chi connectivity index (χ0) is 18.0. The van der Waals surface area contributed by atoms with E-state index in [1.165, 1.54) is 0 Å². The van der Waals surface area contributed by atoms with Gasteiger partial charge in [-0.1, -0.05) is 12.1 Å². The van der Waals surface area contributed by atoms with Crippen molar-refractivity contribution < 1.29 is 14.1 Å². The molecule has 0 atom stereocenters. The molecule has 0 aromatic carbocycles. The van der Waals surface area contributed by atoms with Crippen molar-refractivity contribution in [3.05, 3.63) is 17.5 Å². The van der Waals surface area contributed by atoms with Crippen LogP contribution >= 0.6 is 24.0 Å². The molecule has 0 saturated heterocycles. The van der Waals surface area contributed by atoms with Gasteiger partial charge >= 0.3 is 6.09 Å². The van der Waals surface area contributed by atoms with Gasteiger partial charge in [0.05, 0.1) is 12.2 Å². The first-order chi connectivity index (χ1) is 11.3. The minimum Gasteiger partial charge on any atom is -0.444 e. The Bertz CT molecular complexity index is 540. The number of guanidine groups is 1. The van der Waals surface area contributed by atoms with Crippen molar-refractivity contribution >= 4 is 36.0 Å². The van der Waals surface area contributed by atoms with E-state index < -0.39 is 11.7 Å². The SMILES string of the molecule is CCc1cc(CNC(=NC)NCCCNC(=O)OC(C)(C)C)on1.I. The van der Waals surface area contributed by atoms with E-state index in [4.69, 9.17) is 9.26 Å². The monoisotopic (exact) mass is 467 g/mol. The highest BCUT2D eigenvalue weighted by Crippen LogP contribution is 2.06. The van der Waals surface area contributed by atoms with Crippen LogP contribution < -0.4 is 16.0 Å². The van der Waals surface area contributed by atoms with Gasteiger partial charge in [0.2, 0.25) is 0 Å². The van der Waals surface area contributed by atoms with E-state index >= 15 is 0 Å². The first-order valence-corrected chi connectivity index (χ1v) is 8.20. The van der Waals surface area contributed by atoms with Gasteiger partial charge in [0.25, 0.3) is 0 Å². The number of hydrogen-bond acceptors (Lipinski definition) is 5. The Labute approximate surface area is 166 Å². The summed E-state index contributed by atoms with van der Waals surface area (Å²) >= 11 is 0. The molecule has 1 amide bonds. The number of amides is 1. The van der Waals surface area contributed by atoms with Crippen molar-refractivity contribution in [1.82, 2.24) is 21.1 Å². The summed E-state index contributed by atoms with van der Waals surface area (Å²) in [5.74, 6) is 1.43. The van der Waals surface area contributed by atoms with Crippen LogP contribution in [0.25, 0.3) is 0 Å². The average Bonchev–Trinajstić information content (AvgIpc) is 2.96. The molecule has 0 radical (unpaired) electrons. The van der Waals surface area contributed by atoms with E-state index in [2.05, 4.69) is 26.1 Å². The minimum absolute atomic E-state index is 0. The van der Waals surface area contributed by atoms with Crippen molar-refractivity contribution in [1.29, 1.82) is 0 Å². The van der Waals surface area contributed by atoms with E-state index in [0.29, 0.717) is 25.6 Å². The lowest BCUT2D eigenvalue weighted by atomic mass is 10.2. The van der Waals surface area contributed by atoms with Crippen molar-refractivity contribution in [2.24, 2.45) is 4.99 Å². The molecule has 0 saturated carbocycles. The lowest BCUT2D eigenvalue weighted by molar-refractivity contribution is 0.0527. The van der Waals surface area contributed by atoms with Crippen LogP contribution in [0.3, 0.4) is 0 Å². The van der Waals surface area contributed by atoms with E-state index in [0.717, 1.165) is 24.3 Å².